The minimum atomic E-state index is -3.65. The smallest absolute Gasteiger partial charge is 0.241 e. The number of hydrogen-bond acceptors (Lipinski definition) is 3. The molecule has 0 atom stereocenters. The van der Waals surface area contributed by atoms with Gasteiger partial charge in [-0.25, -0.2) is 13.1 Å². The van der Waals surface area contributed by atoms with Crippen LogP contribution in [0.1, 0.15) is 11.1 Å². The molecule has 0 saturated heterocycles. The van der Waals surface area contributed by atoms with Crippen LogP contribution < -0.4 is 4.72 Å². The van der Waals surface area contributed by atoms with Crippen molar-refractivity contribution in [1.82, 2.24) is 4.72 Å². The molecule has 0 saturated carbocycles. The summed E-state index contributed by atoms with van der Waals surface area (Å²) in [5.41, 5.74) is 1.88. The number of sulfonamides is 1. The van der Waals surface area contributed by atoms with Gasteiger partial charge in [0.25, 0.3) is 0 Å². The maximum absolute atomic E-state index is 11.7. The summed E-state index contributed by atoms with van der Waals surface area (Å²) in [6, 6.07) is 4.76. The maximum Gasteiger partial charge on any atom is 0.241 e. The van der Waals surface area contributed by atoms with Crippen molar-refractivity contribution in [3.63, 3.8) is 0 Å². The molecule has 0 aliphatic rings. The lowest BCUT2D eigenvalue weighted by molar-refractivity contribution is -0.110. The van der Waals surface area contributed by atoms with E-state index in [-0.39, 0.29) is 4.90 Å². The van der Waals surface area contributed by atoms with Crippen LogP contribution in [0.2, 0.25) is 0 Å². The van der Waals surface area contributed by atoms with Gasteiger partial charge in [0.1, 0.15) is 0 Å². The molecule has 6 heteroatoms. The SMILES string of the molecule is Cc1ccc(S(=O)(=O)NCC(=O)Cl)cc1C. The maximum atomic E-state index is 11.7. The van der Waals surface area contributed by atoms with Gasteiger partial charge in [0.2, 0.25) is 15.3 Å². The van der Waals surface area contributed by atoms with Gasteiger partial charge in [-0.3, -0.25) is 4.79 Å². The van der Waals surface area contributed by atoms with Crippen molar-refractivity contribution in [3.8, 4) is 0 Å². The second kappa shape index (κ2) is 4.95. The van der Waals surface area contributed by atoms with Gasteiger partial charge in [0.05, 0.1) is 11.4 Å². The Morgan fingerprint density at radius 2 is 1.94 bits per heavy atom. The Morgan fingerprint density at radius 1 is 1.31 bits per heavy atom. The first kappa shape index (κ1) is 13.2. The minimum Gasteiger partial charge on any atom is -0.280 e. The predicted molar refractivity (Wildman–Crippen MR) is 62.0 cm³/mol. The van der Waals surface area contributed by atoms with E-state index in [1.54, 1.807) is 12.1 Å². The molecule has 0 spiro atoms. The van der Waals surface area contributed by atoms with Gasteiger partial charge in [-0.1, -0.05) is 6.07 Å². The Labute approximate surface area is 99.7 Å². The summed E-state index contributed by atoms with van der Waals surface area (Å²) in [6.45, 7) is 3.30. The highest BCUT2D eigenvalue weighted by Gasteiger charge is 2.15. The quantitative estimate of drug-likeness (QED) is 0.832. The van der Waals surface area contributed by atoms with E-state index < -0.39 is 21.8 Å². The Bertz CT molecular complexity index is 511. The van der Waals surface area contributed by atoms with Gasteiger partial charge in [-0.2, -0.15) is 0 Å². The van der Waals surface area contributed by atoms with Crippen molar-refractivity contribution < 1.29 is 13.2 Å². The van der Waals surface area contributed by atoms with Gasteiger partial charge in [0.15, 0.2) is 0 Å². The first-order valence-corrected chi connectivity index (χ1v) is 6.44. The van der Waals surface area contributed by atoms with E-state index in [4.69, 9.17) is 11.6 Å². The van der Waals surface area contributed by atoms with E-state index in [9.17, 15) is 13.2 Å². The Hall–Kier alpha value is -0.910. The fourth-order valence-electron chi connectivity index (χ4n) is 1.12. The van der Waals surface area contributed by atoms with Crippen molar-refractivity contribution in [2.75, 3.05) is 6.54 Å². The van der Waals surface area contributed by atoms with Gasteiger partial charge in [-0.05, 0) is 48.7 Å². The van der Waals surface area contributed by atoms with Crippen LogP contribution in [0.4, 0.5) is 0 Å². The fourth-order valence-corrected chi connectivity index (χ4v) is 2.33. The van der Waals surface area contributed by atoms with Crippen LogP contribution in [0, 0.1) is 13.8 Å². The average molecular weight is 262 g/mol. The number of halogens is 1. The van der Waals surface area contributed by atoms with Gasteiger partial charge in [-0.15, -0.1) is 0 Å². The summed E-state index contributed by atoms with van der Waals surface area (Å²) in [7, 11) is -3.65. The highest BCUT2D eigenvalue weighted by atomic mass is 35.5. The van der Waals surface area contributed by atoms with Crippen LogP contribution in [0.15, 0.2) is 23.1 Å². The Balaban J connectivity index is 2.99. The standard InChI is InChI=1S/C10H12ClNO3S/c1-7-3-4-9(5-8(7)2)16(14,15)12-6-10(11)13/h3-5,12H,6H2,1-2H3. The molecule has 0 bridgehead atoms. The number of rotatable bonds is 4. The second-order valence-electron chi connectivity index (χ2n) is 3.43. The van der Waals surface area contributed by atoms with Crippen LogP contribution >= 0.6 is 11.6 Å². The monoisotopic (exact) mass is 261 g/mol. The first-order chi connectivity index (χ1) is 7.33. The molecule has 1 rings (SSSR count). The van der Waals surface area contributed by atoms with E-state index in [0.717, 1.165) is 11.1 Å². The summed E-state index contributed by atoms with van der Waals surface area (Å²) >= 11 is 5.06. The molecule has 0 aliphatic heterocycles. The van der Waals surface area contributed by atoms with Gasteiger partial charge in [0, 0.05) is 0 Å². The molecule has 4 nitrogen and oxygen atoms in total. The summed E-state index contributed by atoms with van der Waals surface area (Å²) in [5.74, 6) is 0. The molecule has 88 valence electrons. The predicted octanol–water partition coefficient (Wildman–Crippen LogP) is 1.35. The molecule has 1 aromatic carbocycles. The highest BCUT2D eigenvalue weighted by molar-refractivity contribution is 7.89. The summed E-state index contributed by atoms with van der Waals surface area (Å²) in [5, 5.41) is -0.743. The number of benzene rings is 1. The third-order valence-electron chi connectivity index (χ3n) is 2.19. The molecule has 1 aromatic rings. The van der Waals surface area contributed by atoms with Gasteiger partial charge >= 0.3 is 0 Å². The summed E-state index contributed by atoms with van der Waals surface area (Å²) in [6.07, 6.45) is 0. The molecule has 16 heavy (non-hydrogen) atoms. The first-order valence-electron chi connectivity index (χ1n) is 4.58. The lowest BCUT2D eigenvalue weighted by atomic mass is 10.1. The van der Waals surface area contributed by atoms with Crippen LogP contribution in [0.3, 0.4) is 0 Å². The summed E-state index contributed by atoms with van der Waals surface area (Å²) < 4.78 is 25.5. The molecule has 1 N–H and O–H groups in total. The van der Waals surface area contributed by atoms with E-state index in [1.165, 1.54) is 6.07 Å². The lowest BCUT2D eigenvalue weighted by Gasteiger charge is -2.06. The molecular formula is C10H12ClNO3S. The molecule has 0 radical (unpaired) electrons. The van der Waals surface area contributed by atoms with E-state index in [0.29, 0.717) is 0 Å². The number of carbonyl (C=O) groups excluding carboxylic acids is 1. The second-order valence-corrected chi connectivity index (χ2v) is 5.61. The van der Waals surface area contributed by atoms with Crippen molar-refractivity contribution in [2.24, 2.45) is 0 Å². The molecule has 0 amide bonds. The zero-order chi connectivity index (χ0) is 12.3. The van der Waals surface area contributed by atoms with E-state index in [1.807, 2.05) is 13.8 Å². The Kier molecular flexibility index (Phi) is 4.07. The fraction of sp³-hybridized carbons (Fsp3) is 0.300. The van der Waals surface area contributed by atoms with Crippen molar-refractivity contribution >= 4 is 26.9 Å². The Morgan fingerprint density at radius 3 is 2.44 bits per heavy atom. The summed E-state index contributed by atoms with van der Waals surface area (Å²) in [4.78, 5) is 10.6. The third kappa shape index (κ3) is 3.30. The normalized spacial score (nSPS) is 11.4. The topological polar surface area (TPSA) is 63.2 Å². The third-order valence-corrected chi connectivity index (χ3v) is 3.72. The van der Waals surface area contributed by atoms with Gasteiger partial charge < -0.3 is 0 Å². The van der Waals surface area contributed by atoms with Crippen LogP contribution in [0.5, 0.6) is 0 Å². The minimum absolute atomic E-state index is 0.133. The van der Waals surface area contributed by atoms with E-state index >= 15 is 0 Å². The molecule has 0 unspecified atom stereocenters. The molecule has 0 fully saturated rings. The zero-order valence-electron chi connectivity index (χ0n) is 8.95. The van der Waals surface area contributed by atoms with Crippen molar-refractivity contribution in [2.45, 2.75) is 18.7 Å². The number of nitrogens with one attached hydrogen (secondary N) is 1. The zero-order valence-corrected chi connectivity index (χ0v) is 10.5. The van der Waals surface area contributed by atoms with E-state index in [2.05, 4.69) is 4.72 Å². The number of hydrogen-bond donors (Lipinski definition) is 1. The van der Waals surface area contributed by atoms with Crippen molar-refractivity contribution in [3.05, 3.63) is 29.3 Å². The lowest BCUT2D eigenvalue weighted by Crippen LogP contribution is -2.27. The largest absolute Gasteiger partial charge is 0.280 e. The van der Waals surface area contributed by atoms with Crippen LogP contribution in [-0.4, -0.2) is 20.2 Å². The average Bonchev–Trinajstić information content (AvgIpc) is 2.19. The molecule has 0 heterocycles. The van der Waals surface area contributed by atoms with Crippen molar-refractivity contribution in [1.29, 1.82) is 0 Å². The number of aryl methyl sites for hydroxylation is 2. The molecular weight excluding hydrogens is 250 g/mol. The molecule has 0 aromatic heterocycles. The highest BCUT2D eigenvalue weighted by Crippen LogP contribution is 2.14. The van der Waals surface area contributed by atoms with Crippen LogP contribution in [-0.2, 0) is 14.8 Å². The molecule has 0 aliphatic carbocycles. The van der Waals surface area contributed by atoms with Crippen LogP contribution in [0.25, 0.3) is 0 Å². The number of carbonyl (C=O) groups is 1.